The standard InChI is InChI=1S/C11H24N2O2/c1-13(2)8-11(14)7-12-5-6-15-9-10-3-4-10/h10-12,14H,3-9H2,1-2H3. The molecule has 0 aromatic carbocycles. The molecule has 1 aliphatic rings. The summed E-state index contributed by atoms with van der Waals surface area (Å²) in [5, 5.41) is 12.7. The highest BCUT2D eigenvalue weighted by Gasteiger charge is 2.20. The molecule has 1 saturated carbocycles. The lowest BCUT2D eigenvalue weighted by Gasteiger charge is -2.16. The maximum absolute atomic E-state index is 9.53. The molecule has 1 atom stereocenters. The van der Waals surface area contributed by atoms with Crippen LogP contribution in [0.5, 0.6) is 0 Å². The number of aliphatic hydroxyl groups is 1. The average molecular weight is 216 g/mol. The first kappa shape index (κ1) is 12.9. The van der Waals surface area contributed by atoms with Gasteiger partial charge in [-0.15, -0.1) is 0 Å². The molecule has 0 aromatic rings. The monoisotopic (exact) mass is 216 g/mol. The van der Waals surface area contributed by atoms with Crippen molar-refractivity contribution >= 4 is 0 Å². The Balaban J connectivity index is 1.78. The molecule has 1 rings (SSSR count). The lowest BCUT2D eigenvalue weighted by atomic mass is 10.3. The molecule has 0 bridgehead atoms. The maximum atomic E-state index is 9.53. The van der Waals surface area contributed by atoms with Gasteiger partial charge in [-0.3, -0.25) is 0 Å². The number of hydrogen-bond donors (Lipinski definition) is 2. The van der Waals surface area contributed by atoms with Gasteiger partial charge >= 0.3 is 0 Å². The zero-order valence-corrected chi connectivity index (χ0v) is 9.91. The molecule has 1 unspecified atom stereocenters. The van der Waals surface area contributed by atoms with Gasteiger partial charge in [-0.2, -0.15) is 0 Å². The summed E-state index contributed by atoms with van der Waals surface area (Å²) >= 11 is 0. The molecular formula is C11H24N2O2. The van der Waals surface area contributed by atoms with E-state index in [0.717, 1.165) is 25.7 Å². The predicted molar refractivity (Wildman–Crippen MR) is 61.0 cm³/mol. The topological polar surface area (TPSA) is 44.7 Å². The fraction of sp³-hybridized carbons (Fsp3) is 1.00. The van der Waals surface area contributed by atoms with E-state index in [1.165, 1.54) is 12.8 Å². The van der Waals surface area contributed by atoms with Crippen LogP contribution >= 0.6 is 0 Å². The summed E-state index contributed by atoms with van der Waals surface area (Å²) < 4.78 is 5.47. The van der Waals surface area contributed by atoms with Gasteiger partial charge in [-0.25, -0.2) is 0 Å². The smallest absolute Gasteiger partial charge is 0.0791 e. The zero-order valence-electron chi connectivity index (χ0n) is 9.91. The molecule has 0 saturated heterocycles. The van der Waals surface area contributed by atoms with E-state index in [4.69, 9.17) is 4.74 Å². The highest BCUT2D eigenvalue weighted by atomic mass is 16.5. The zero-order chi connectivity index (χ0) is 11.1. The van der Waals surface area contributed by atoms with Crippen LogP contribution in [0.2, 0.25) is 0 Å². The SMILES string of the molecule is CN(C)CC(O)CNCCOCC1CC1. The Kier molecular flexibility index (Phi) is 6.17. The van der Waals surface area contributed by atoms with Gasteiger partial charge in [0.25, 0.3) is 0 Å². The van der Waals surface area contributed by atoms with E-state index in [1.54, 1.807) is 0 Å². The Morgan fingerprint density at radius 3 is 2.80 bits per heavy atom. The molecule has 15 heavy (non-hydrogen) atoms. The Morgan fingerprint density at radius 1 is 1.47 bits per heavy atom. The van der Waals surface area contributed by atoms with E-state index in [2.05, 4.69) is 5.32 Å². The lowest BCUT2D eigenvalue weighted by molar-refractivity contribution is 0.112. The molecule has 2 N–H and O–H groups in total. The molecule has 0 spiro atoms. The highest BCUT2D eigenvalue weighted by molar-refractivity contribution is 4.72. The van der Waals surface area contributed by atoms with Crippen molar-refractivity contribution in [2.24, 2.45) is 5.92 Å². The van der Waals surface area contributed by atoms with E-state index in [-0.39, 0.29) is 6.10 Å². The van der Waals surface area contributed by atoms with Gasteiger partial charge in [-0.05, 0) is 32.9 Å². The number of rotatable bonds is 9. The number of nitrogens with zero attached hydrogens (tertiary/aromatic N) is 1. The lowest BCUT2D eigenvalue weighted by Crippen LogP contribution is -2.36. The summed E-state index contributed by atoms with van der Waals surface area (Å²) in [5.74, 6) is 0.837. The van der Waals surface area contributed by atoms with Crippen molar-refractivity contribution in [3.63, 3.8) is 0 Å². The molecule has 1 fully saturated rings. The summed E-state index contributed by atoms with van der Waals surface area (Å²) in [4.78, 5) is 1.98. The largest absolute Gasteiger partial charge is 0.390 e. The second-order valence-corrected chi connectivity index (χ2v) is 4.64. The molecule has 1 aliphatic carbocycles. The molecule has 4 nitrogen and oxygen atoms in total. The number of likely N-dealkylation sites (N-methyl/N-ethyl adjacent to an activating group) is 1. The highest BCUT2D eigenvalue weighted by Crippen LogP contribution is 2.28. The van der Waals surface area contributed by atoms with E-state index < -0.39 is 0 Å². The van der Waals surface area contributed by atoms with Crippen molar-refractivity contribution in [2.75, 3.05) is 46.9 Å². The Labute approximate surface area is 92.6 Å². The average Bonchev–Trinajstić information content (AvgIpc) is 2.93. The number of hydrogen-bond acceptors (Lipinski definition) is 4. The number of aliphatic hydroxyl groups excluding tert-OH is 1. The summed E-state index contributed by atoms with van der Waals surface area (Å²) in [6.07, 6.45) is 2.40. The van der Waals surface area contributed by atoms with E-state index >= 15 is 0 Å². The Morgan fingerprint density at radius 2 is 2.20 bits per heavy atom. The molecule has 0 heterocycles. The summed E-state index contributed by atoms with van der Waals surface area (Å²) in [6, 6.07) is 0. The van der Waals surface area contributed by atoms with Crippen molar-refractivity contribution in [3.8, 4) is 0 Å². The fourth-order valence-electron chi connectivity index (χ4n) is 1.43. The quantitative estimate of drug-likeness (QED) is 0.529. The van der Waals surface area contributed by atoms with Crippen molar-refractivity contribution in [1.82, 2.24) is 10.2 Å². The number of ether oxygens (including phenoxy) is 1. The third-order valence-electron chi connectivity index (χ3n) is 2.43. The van der Waals surface area contributed by atoms with E-state index in [9.17, 15) is 5.11 Å². The van der Waals surface area contributed by atoms with Crippen LogP contribution in [-0.4, -0.2) is 63.1 Å². The van der Waals surface area contributed by atoms with Crippen molar-refractivity contribution in [3.05, 3.63) is 0 Å². The van der Waals surface area contributed by atoms with Gasteiger partial charge in [0.1, 0.15) is 0 Å². The molecule has 0 aliphatic heterocycles. The van der Waals surface area contributed by atoms with Crippen LogP contribution < -0.4 is 5.32 Å². The Hall–Kier alpha value is -0.160. The van der Waals surface area contributed by atoms with Crippen LogP contribution in [0.1, 0.15) is 12.8 Å². The minimum Gasteiger partial charge on any atom is -0.390 e. The molecule has 4 heteroatoms. The van der Waals surface area contributed by atoms with Gasteiger partial charge in [0.15, 0.2) is 0 Å². The van der Waals surface area contributed by atoms with Crippen LogP contribution in [-0.2, 0) is 4.74 Å². The third kappa shape index (κ3) is 7.73. The maximum Gasteiger partial charge on any atom is 0.0791 e. The van der Waals surface area contributed by atoms with Gasteiger partial charge in [0.05, 0.1) is 12.7 Å². The molecule has 90 valence electrons. The summed E-state index contributed by atoms with van der Waals surface area (Å²) in [5.41, 5.74) is 0. The summed E-state index contributed by atoms with van der Waals surface area (Å²) in [6.45, 7) is 3.85. The molecule has 0 aromatic heterocycles. The third-order valence-corrected chi connectivity index (χ3v) is 2.43. The molecular weight excluding hydrogens is 192 g/mol. The van der Waals surface area contributed by atoms with Crippen LogP contribution in [0.25, 0.3) is 0 Å². The van der Waals surface area contributed by atoms with E-state index in [0.29, 0.717) is 13.1 Å². The second kappa shape index (κ2) is 7.17. The van der Waals surface area contributed by atoms with Gasteiger partial charge in [0.2, 0.25) is 0 Å². The molecule has 0 radical (unpaired) electrons. The van der Waals surface area contributed by atoms with Crippen molar-refractivity contribution < 1.29 is 9.84 Å². The molecule has 0 amide bonds. The van der Waals surface area contributed by atoms with Crippen LogP contribution in [0.15, 0.2) is 0 Å². The van der Waals surface area contributed by atoms with Gasteiger partial charge < -0.3 is 20.1 Å². The minimum absolute atomic E-state index is 0.288. The van der Waals surface area contributed by atoms with Crippen molar-refractivity contribution in [1.29, 1.82) is 0 Å². The minimum atomic E-state index is -0.288. The Bertz CT molecular complexity index is 161. The van der Waals surface area contributed by atoms with Crippen LogP contribution in [0.3, 0.4) is 0 Å². The second-order valence-electron chi connectivity index (χ2n) is 4.64. The first-order valence-electron chi connectivity index (χ1n) is 5.79. The van der Waals surface area contributed by atoms with Crippen LogP contribution in [0.4, 0.5) is 0 Å². The predicted octanol–water partition coefficient (Wildman–Crippen LogP) is -0.0749. The summed E-state index contributed by atoms with van der Waals surface area (Å²) in [7, 11) is 3.92. The van der Waals surface area contributed by atoms with Crippen molar-refractivity contribution in [2.45, 2.75) is 18.9 Å². The van der Waals surface area contributed by atoms with Crippen LogP contribution in [0, 0.1) is 5.92 Å². The number of nitrogens with one attached hydrogen (secondary N) is 1. The van der Waals surface area contributed by atoms with Gasteiger partial charge in [0, 0.05) is 26.2 Å². The first-order chi connectivity index (χ1) is 7.18. The normalized spacial score (nSPS) is 18.4. The fourth-order valence-corrected chi connectivity index (χ4v) is 1.43. The van der Waals surface area contributed by atoms with E-state index in [1.807, 2.05) is 19.0 Å². The van der Waals surface area contributed by atoms with Gasteiger partial charge in [-0.1, -0.05) is 0 Å². The first-order valence-corrected chi connectivity index (χ1v) is 5.79.